The van der Waals surface area contributed by atoms with Gasteiger partial charge in [-0.2, -0.15) is 0 Å². The molecular formula is C11H13N3S. The maximum atomic E-state index is 6.25. The van der Waals surface area contributed by atoms with Crippen LogP contribution in [0.15, 0.2) is 24.3 Å². The van der Waals surface area contributed by atoms with Gasteiger partial charge in [-0.25, -0.2) is 4.98 Å². The van der Waals surface area contributed by atoms with Crippen LogP contribution in [0.25, 0.3) is 10.2 Å². The van der Waals surface area contributed by atoms with Crippen LogP contribution in [0.4, 0.5) is 0 Å². The van der Waals surface area contributed by atoms with E-state index in [0.717, 1.165) is 23.4 Å². The summed E-state index contributed by atoms with van der Waals surface area (Å²) in [4.78, 5) is 4.58. The Morgan fingerprint density at radius 3 is 2.73 bits per heavy atom. The molecule has 1 fully saturated rings. The predicted octanol–water partition coefficient (Wildman–Crippen LogP) is 1.57. The van der Waals surface area contributed by atoms with Gasteiger partial charge in [-0.05, 0) is 25.0 Å². The third kappa shape index (κ3) is 1.37. The van der Waals surface area contributed by atoms with Crippen LogP contribution in [0.5, 0.6) is 0 Å². The summed E-state index contributed by atoms with van der Waals surface area (Å²) in [5.74, 6) is 0. The summed E-state index contributed by atoms with van der Waals surface area (Å²) in [6, 6.07) is 8.39. The summed E-state index contributed by atoms with van der Waals surface area (Å²) in [7, 11) is 0. The van der Waals surface area contributed by atoms with Crippen molar-refractivity contribution in [3.05, 3.63) is 29.3 Å². The molecule has 0 aliphatic heterocycles. The lowest BCUT2D eigenvalue weighted by Gasteiger charge is -2.41. The smallest absolute Gasteiger partial charge is 0.114 e. The van der Waals surface area contributed by atoms with Crippen molar-refractivity contribution in [2.45, 2.75) is 24.4 Å². The summed E-state index contributed by atoms with van der Waals surface area (Å²) in [6.07, 6.45) is 1.71. The lowest BCUT2D eigenvalue weighted by molar-refractivity contribution is 0.211. The van der Waals surface area contributed by atoms with Crippen molar-refractivity contribution >= 4 is 21.6 Å². The van der Waals surface area contributed by atoms with Crippen LogP contribution in [0.3, 0.4) is 0 Å². The molecule has 0 amide bonds. The van der Waals surface area contributed by atoms with Gasteiger partial charge in [0.05, 0.1) is 15.8 Å². The number of nitrogens with two attached hydrogens (primary N) is 2. The van der Waals surface area contributed by atoms with Crippen molar-refractivity contribution in [1.82, 2.24) is 4.98 Å². The monoisotopic (exact) mass is 219 g/mol. The Morgan fingerprint density at radius 1 is 1.33 bits per heavy atom. The van der Waals surface area contributed by atoms with Crippen molar-refractivity contribution in [3.8, 4) is 0 Å². The molecule has 4 N–H and O–H groups in total. The van der Waals surface area contributed by atoms with E-state index in [2.05, 4.69) is 11.1 Å². The number of thiazole rings is 1. The Labute approximate surface area is 92.1 Å². The summed E-state index contributed by atoms with van der Waals surface area (Å²) >= 11 is 1.69. The van der Waals surface area contributed by atoms with Gasteiger partial charge in [-0.3, -0.25) is 0 Å². The van der Waals surface area contributed by atoms with Crippen molar-refractivity contribution < 1.29 is 0 Å². The van der Waals surface area contributed by atoms with Crippen molar-refractivity contribution in [2.24, 2.45) is 11.5 Å². The van der Waals surface area contributed by atoms with Crippen molar-refractivity contribution in [2.75, 3.05) is 0 Å². The third-order valence-corrected chi connectivity index (χ3v) is 4.23. The molecule has 3 rings (SSSR count). The van der Waals surface area contributed by atoms with Crippen LogP contribution in [0, 0.1) is 0 Å². The van der Waals surface area contributed by atoms with E-state index in [1.807, 2.05) is 18.2 Å². The van der Waals surface area contributed by atoms with Crippen LogP contribution in [-0.4, -0.2) is 11.0 Å². The quantitative estimate of drug-likeness (QED) is 0.765. The van der Waals surface area contributed by atoms with Gasteiger partial charge in [0.15, 0.2) is 0 Å². The SMILES string of the molecule is NC1CC(N)(c2nc3ccccc3s2)C1. The van der Waals surface area contributed by atoms with Gasteiger partial charge in [0, 0.05) is 6.04 Å². The second-order valence-corrected chi connectivity index (χ2v) is 5.34. The molecule has 15 heavy (non-hydrogen) atoms. The van der Waals surface area contributed by atoms with E-state index in [-0.39, 0.29) is 11.6 Å². The van der Waals surface area contributed by atoms with Gasteiger partial charge in [0.1, 0.15) is 5.01 Å². The number of fused-ring (bicyclic) bond motifs is 1. The maximum Gasteiger partial charge on any atom is 0.114 e. The highest BCUT2D eigenvalue weighted by Gasteiger charge is 2.42. The second-order valence-electron chi connectivity index (χ2n) is 4.31. The highest BCUT2D eigenvalue weighted by molar-refractivity contribution is 7.18. The topological polar surface area (TPSA) is 64.9 Å². The van der Waals surface area contributed by atoms with E-state index in [0.29, 0.717) is 0 Å². The van der Waals surface area contributed by atoms with Crippen LogP contribution in [-0.2, 0) is 5.54 Å². The molecule has 0 unspecified atom stereocenters. The molecule has 1 aromatic carbocycles. The minimum Gasteiger partial charge on any atom is -0.328 e. The largest absolute Gasteiger partial charge is 0.328 e. The van der Waals surface area contributed by atoms with Crippen molar-refractivity contribution in [3.63, 3.8) is 0 Å². The molecule has 0 atom stereocenters. The molecule has 3 nitrogen and oxygen atoms in total. The number of hydrogen-bond acceptors (Lipinski definition) is 4. The molecule has 0 spiro atoms. The first-order valence-corrected chi connectivity index (χ1v) is 5.89. The van der Waals surface area contributed by atoms with E-state index in [1.54, 1.807) is 11.3 Å². The van der Waals surface area contributed by atoms with Gasteiger partial charge in [0.25, 0.3) is 0 Å². The van der Waals surface area contributed by atoms with Crippen molar-refractivity contribution in [1.29, 1.82) is 0 Å². The first kappa shape index (κ1) is 9.27. The Morgan fingerprint density at radius 2 is 2.07 bits per heavy atom. The molecule has 2 aromatic rings. The average molecular weight is 219 g/mol. The predicted molar refractivity (Wildman–Crippen MR) is 62.7 cm³/mol. The zero-order chi connectivity index (χ0) is 10.5. The minimum atomic E-state index is -0.261. The third-order valence-electron chi connectivity index (χ3n) is 2.97. The molecule has 1 aliphatic rings. The molecule has 1 heterocycles. The Balaban J connectivity index is 2.05. The standard InChI is InChI=1S/C11H13N3S/c12-7-5-11(13,6-7)10-14-8-3-1-2-4-9(8)15-10/h1-4,7H,5-6,12-13H2. The number of rotatable bonds is 1. The highest BCUT2D eigenvalue weighted by atomic mass is 32.1. The fourth-order valence-corrected chi connectivity index (χ4v) is 3.22. The van der Waals surface area contributed by atoms with Gasteiger partial charge >= 0.3 is 0 Å². The number of nitrogens with zero attached hydrogens (tertiary/aromatic N) is 1. The second kappa shape index (κ2) is 3.01. The molecule has 4 heteroatoms. The van der Waals surface area contributed by atoms with E-state index >= 15 is 0 Å². The lowest BCUT2D eigenvalue weighted by Crippen LogP contribution is -2.55. The lowest BCUT2D eigenvalue weighted by atomic mass is 9.74. The van der Waals surface area contributed by atoms with E-state index in [4.69, 9.17) is 11.5 Å². The normalized spacial score (nSPS) is 30.4. The molecular weight excluding hydrogens is 206 g/mol. The Bertz CT molecular complexity index is 466. The number of hydrogen-bond donors (Lipinski definition) is 2. The summed E-state index contributed by atoms with van der Waals surface area (Å²) in [6.45, 7) is 0. The van der Waals surface area contributed by atoms with Crippen LogP contribution >= 0.6 is 11.3 Å². The first-order chi connectivity index (χ1) is 7.17. The van der Waals surface area contributed by atoms with Crippen LogP contribution in [0.1, 0.15) is 17.8 Å². The molecule has 1 aliphatic carbocycles. The summed E-state index contributed by atoms with van der Waals surface area (Å²) in [5.41, 5.74) is 12.8. The molecule has 1 saturated carbocycles. The fraction of sp³-hybridized carbons (Fsp3) is 0.364. The van der Waals surface area contributed by atoms with Crippen LogP contribution < -0.4 is 11.5 Å². The van der Waals surface area contributed by atoms with Gasteiger partial charge < -0.3 is 11.5 Å². The molecule has 0 saturated heterocycles. The number of para-hydroxylation sites is 1. The van der Waals surface area contributed by atoms with E-state index < -0.39 is 0 Å². The zero-order valence-electron chi connectivity index (χ0n) is 8.31. The number of aromatic nitrogens is 1. The molecule has 1 aromatic heterocycles. The molecule has 78 valence electrons. The first-order valence-electron chi connectivity index (χ1n) is 5.08. The summed E-state index contributed by atoms with van der Waals surface area (Å²) in [5, 5.41) is 1.03. The van der Waals surface area contributed by atoms with E-state index in [1.165, 1.54) is 4.70 Å². The van der Waals surface area contributed by atoms with Gasteiger partial charge in [0.2, 0.25) is 0 Å². The highest BCUT2D eigenvalue weighted by Crippen LogP contribution is 2.41. The average Bonchev–Trinajstić information content (AvgIpc) is 2.59. The maximum absolute atomic E-state index is 6.25. The number of benzene rings is 1. The van der Waals surface area contributed by atoms with Crippen LogP contribution in [0.2, 0.25) is 0 Å². The molecule has 0 radical (unpaired) electrons. The fourth-order valence-electron chi connectivity index (χ4n) is 2.14. The summed E-state index contributed by atoms with van der Waals surface area (Å²) < 4.78 is 1.21. The Kier molecular flexibility index (Phi) is 1.86. The van der Waals surface area contributed by atoms with Gasteiger partial charge in [-0.1, -0.05) is 12.1 Å². The molecule has 0 bridgehead atoms. The zero-order valence-corrected chi connectivity index (χ0v) is 9.13. The van der Waals surface area contributed by atoms with E-state index in [9.17, 15) is 0 Å². The van der Waals surface area contributed by atoms with Gasteiger partial charge in [-0.15, -0.1) is 11.3 Å². The Hall–Kier alpha value is -0.970. The minimum absolute atomic E-state index is 0.252.